The molecule has 3 rings (SSSR count). The van der Waals surface area contributed by atoms with Crippen molar-refractivity contribution in [3.05, 3.63) is 89.4 Å². The summed E-state index contributed by atoms with van der Waals surface area (Å²) in [4.78, 5) is 28.5. The van der Waals surface area contributed by atoms with Crippen molar-refractivity contribution in [2.75, 3.05) is 17.5 Å². The molecule has 214 valence electrons. The molecular formula is C30H36ClN3O5S. The number of carbonyl (C=O) groups is 2. The molecular weight excluding hydrogens is 550 g/mol. The van der Waals surface area contributed by atoms with Crippen LogP contribution >= 0.6 is 11.6 Å². The van der Waals surface area contributed by atoms with E-state index in [-0.39, 0.29) is 23.4 Å². The largest absolute Gasteiger partial charge is 0.494 e. The first-order valence-corrected chi connectivity index (χ1v) is 15.0. The molecule has 0 saturated heterocycles. The summed E-state index contributed by atoms with van der Waals surface area (Å²) in [5.41, 5.74) is 1.00. The monoisotopic (exact) mass is 585 g/mol. The molecule has 2 amide bonds. The van der Waals surface area contributed by atoms with Crippen LogP contribution in [0.2, 0.25) is 5.02 Å². The van der Waals surface area contributed by atoms with Gasteiger partial charge >= 0.3 is 0 Å². The van der Waals surface area contributed by atoms with Crippen LogP contribution in [-0.4, -0.2) is 50.4 Å². The minimum atomic E-state index is -4.13. The van der Waals surface area contributed by atoms with Gasteiger partial charge in [-0.15, -0.1) is 0 Å². The van der Waals surface area contributed by atoms with Crippen LogP contribution in [0.15, 0.2) is 83.8 Å². The smallest absolute Gasteiger partial charge is 0.264 e. The zero-order chi connectivity index (χ0) is 29.3. The Morgan fingerprint density at radius 1 is 0.950 bits per heavy atom. The van der Waals surface area contributed by atoms with E-state index in [1.165, 1.54) is 17.0 Å². The molecule has 0 bridgehead atoms. The Bertz CT molecular complexity index is 1380. The Hall–Kier alpha value is -3.56. The maximum atomic E-state index is 13.9. The number of halogens is 1. The van der Waals surface area contributed by atoms with Gasteiger partial charge in [0.05, 0.1) is 17.2 Å². The van der Waals surface area contributed by atoms with E-state index in [4.69, 9.17) is 16.3 Å². The standard InChI is InChI=1S/C30H36ClN3O5S/c1-5-22(3)32-30(36)23(4)33(20-24-11-10-12-25(31)19-24)29(35)21-34(26-15-17-27(18-16-26)39-6-2)40(37,38)28-13-8-7-9-14-28/h7-19,22-23H,5-6,20-21H2,1-4H3,(H,32,36)/t22-,23-/m1/s1. The first kappa shape index (κ1) is 31.0. The molecule has 0 saturated carbocycles. The fourth-order valence-corrected chi connectivity index (χ4v) is 5.65. The number of nitrogens with one attached hydrogen (secondary N) is 1. The predicted octanol–water partition coefficient (Wildman–Crippen LogP) is 5.27. The molecule has 0 aromatic heterocycles. The molecule has 40 heavy (non-hydrogen) atoms. The number of sulfonamides is 1. The van der Waals surface area contributed by atoms with Gasteiger partial charge in [-0.05, 0) is 81.3 Å². The second kappa shape index (κ2) is 14.2. The Balaban J connectivity index is 2.01. The van der Waals surface area contributed by atoms with Crippen LogP contribution in [0.5, 0.6) is 5.75 Å². The van der Waals surface area contributed by atoms with Gasteiger partial charge in [-0.3, -0.25) is 13.9 Å². The average Bonchev–Trinajstić information content (AvgIpc) is 2.95. The molecule has 0 heterocycles. The SMILES string of the molecule is CCOc1ccc(N(CC(=O)N(Cc2cccc(Cl)c2)[C@H](C)C(=O)N[C@H](C)CC)S(=O)(=O)c2ccccc2)cc1. The molecule has 3 aromatic rings. The molecule has 0 aliphatic heterocycles. The lowest BCUT2D eigenvalue weighted by molar-refractivity contribution is -0.139. The Morgan fingerprint density at radius 2 is 1.62 bits per heavy atom. The lowest BCUT2D eigenvalue weighted by Gasteiger charge is -2.32. The summed E-state index contributed by atoms with van der Waals surface area (Å²) in [5.74, 6) is -0.295. The number of benzene rings is 3. The van der Waals surface area contributed by atoms with Crippen molar-refractivity contribution >= 4 is 39.1 Å². The van der Waals surface area contributed by atoms with Gasteiger partial charge in [-0.2, -0.15) is 0 Å². The minimum Gasteiger partial charge on any atom is -0.494 e. The van der Waals surface area contributed by atoms with Gasteiger partial charge in [-0.1, -0.05) is 48.9 Å². The third-order valence-electron chi connectivity index (χ3n) is 6.46. The number of hydrogen-bond donors (Lipinski definition) is 1. The number of hydrogen-bond acceptors (Lipinski definition) is 5. The molecule has 0 radical (unpaired) electrons. The van der Waals surface area contributed by atoms with E-state index in [2.05, 4.69) is 5.32 Å². The van der Waals surface area contributed by atoms with E-state index in [1.807, 2.05) is 20.8 Å². The number of nitrogens with zero attached hydrogens (tertiary/aromatic N) is 2. The third kappa shape index (κ3) is 7.99. The van der Waals surface area contributed by atoms with Crippen LogP contribution in [0.1, 0.15) is 39.7 Å². The molecule has 0 aliphatic carbocycles. The fourth-order valence-electron chi connectivity index (χ4n) is 4.00. The lowest BCUT2D eigenvalue weighted by Crippen LogP contribution is -2.52. The van der Waals surface area contributed by atoms with Gasteiger partial charge in [0.15, 0.2) is 0 Å². The zero-order valence-corrected chi connectivity index (χ0v) is 24.8. The number of rotatable bonds is 13. The van der Waals surface area contributed by atoms with E-state index in [0.717, 1.165) is 10.7 Å². The Labute approximate surface area is 241 Å². The van der Waals surface area contributed by atoms with Crippen molar-refractivity contribution in [1.29, 1.82) is 0 Å². The van der Waals surface area contributed by atoms with Crippen molar-refractivity contribution in [1.82, 2.24) is 10.2 Å². The lowest BCUT2D eigenvalue weighted by atomic mass is 10.1. The van der Waals surface area contributed by atoms with E-state index < -0.39 is 28.5 Å². The van der Waals surface area contributed by atoms with E-state index >= 15 is 0 Å². The van der Waals surface area contributed by atoms with Crippen LogP contribution in [0.3, 0.4) is 0 Å². The molecule has 0 spiro atoms. The van der Waals surface area contributed by atoms with Crippen molar-refractivity contribution < 1.29 is 22.7 Å². The first-order valence-electron chi connectivity index (χ1n) is 13.2. The molecule has 0 fully saturated rings. The molecule has 8 nitrogen and oxygen atoms in total. The summed E-state index contributed by atoms with van der Waals surface area (Å²) in [6.07, 6.45) is 0.724. The summed E-state index contributed by atoms with van der Waals surface area (Å²) in [7, 11) is -4.13. The minimum absolute atomic E-state index is 0.0423. The van der Waals surface area contributed by atoms with Crippen molar-refractivity contribution in [3.63, 3.8) is 0 Å². The zero-order valence-electron chi connectivity index (χ0n) is 23.2. The first-order chi connectivity index (χ1) is 19.1. The number of carbonyl (C=O) groups excluding carboxylic acids is 2. The van der Waals surface area contributed by atoms with Gasteiger partial charge in [0.2, 0.25) is 11.8 Å². The summed E-state index contributed by atoms with van der Waals surface area (Å²) < 4.78 is 34.2. The van der Waals surface area contributed by atoms with Crippen LogP contribution < -0.4 is 14.4 Å². The van der Waals surface area contributed by atoms with Gasteiger partial charge in [0, 0.05) is 17.6 Å². The second-order valence-electron chi connectivity index (χ2n) is 9.40. The van der Waals surface area contributed by atoms with Crippen LogP contribution in [0.4, 0.5) is 5.69 Å². The molecule has 2 atom stereocenters. The molecule has 3 aromatic carbocycles. The fraction of sp³-hybridized carbons (Fsp3) is 0.333. The van der Waals surface area contributed by atoms with Gasteiger partial charge < -0.3 is 15.0 Å². The molecule has 0 aliphatic rings. The highest BCUT2D eigenvalue weighted by molar-refractivity contribution is 7.92. The van der Waals surface area contributed by atoms with Crippen molar-refractivity contribution in [3.8, 4) is 5.75 Å². The summed E-state index contributed by atoms with van der Waals surface area (Å²) in [6.45, 7) is 7.32. The normalized spacial score (nSPS) is 12.7. The molecule has 0 unspecified atom stereocenters. The third-order valence-corrected chi connectivity index (χ3v) is 8.48. The molecule has 1 N–H and O–H groups in total. The quantitative estimate of drug-likeness (QED) is 0.295. The highest BCUT2D eigenvalue weighted by Gasteiger charge is 2.32. The van der Waals surface area contributed by atoms with Gasteiger partial charge in [-0.25, -0.2) is 8.42 Å². The summed E-state index contributed by atoms with van der Waals surface area (Å²) in [6, 6.07) is 20.5. The number of ether oxygens (including phenoxy) is 1. The summed E-state index contributed by atoms with van der Waals surface area (Å²) >= 11 is 6.18. The second-order valence-corrected chi connectivity index (χ2v) is 11.7. The predicted molar refractivity (Wildman–Crippen MR) is 158 cm³/mol. The maximum absolute atomic E-state index is 13.9. The van der Waals surface area contributed by atoms with Crippen molar-refractivity contribution in [2.45, 2.75) is 57.6 Å². The highest BCUT2D eigenvalue weighted by Crippen LogP contribution is 2.27. The number of amides is 2. The molecule has 10 heteroatoms. The summed E-state index contributed by atoms with van der Waals surface area (Å²) in [5, 5.41) is 3.41. The van der Waals surface area contributed by atoms with Crippen LogP contribution in [0, 0.1) is 0 Å². The van der Waals surface area contributed by atoms with E-state index in [1.54, 1.807) is 73.7 Å². The van der Waals surface area contributed by atoms with Crippen LogP contribution in [-0.2, 0) is 26.2 Å². The number of anilines is 1. The van der Waals surface area contributed by atoms with E-state index in [0.29, 0.717) is 28.6 Å². The maximum Gasteiger partial charge on any atom is 0.264 e. The van der Waals surface area contributed by atoms with Gasteiger partial charge in [0.25, 0.3) is 10.0 Å². The Kier molecular flexibility index (Phi) is 11.0. The van der Waals surface area contributed by atoms with Crippen molar-refractivity contribution in [2.24, 2.45) is 0 Å². The van der Waals surface area contributed by atoms with Crippen LogP contribution in [0.25, 0.3) is 0 Å². The van der Waals surface area contributed by atoms with Gasteiger partial charge in [0.1, 0.15) is 18.3 Å². The Morgan fingerprint density at radius 3 is 2.23 bits per heavy atom. The average molecular weight is 586 g/mol. The highest BCUT2D eigenvalue weighted by atomic mass is 35.5. The van der Waals surface area contributed by atoms with E-state index in [9.17, 15) is 18.0 Å². The topological polar surface area (TPSA) is 96.0 Å².